The van der Waals surface area contributed by atoms with Gasteiger partial charge in [-0.2, -0.15) is 5.26 Å². The van der Waals surface area contributed by atoms with Gasteiger partial charge in [0.15, 0.2) is 11.3 Å². The van der Waals surface area contributed by atoms with Crippen LogP contribution in [0.2, 0.25) is 0 Å². The third kappa shape index (κ3) is 3.25. The van der Waals surface area contributed by atoms with Crippen molar-refractivity contribution in [2.75, 3.05) is 6.54 Å². The van der Waals surface area contributed by atoms with Crippen LogP contribution in [-0.4, -0.2) is 16.6 Å². The Morgan fingerprint density at radius 2 is 2.40 bits per heavy atom. The Balaban J connectivity index is 3.64. The first-order chi connectivity index (χ1) is 4.72. The largest absolute Gasteiger partial charge is 0.375 e. The fraction of sp³-hybridized carbons (Fsp3) is 0.667. The summed E-state index contributed by atoms with van der Waals surface area (Å²) in [5, 5.41) is 8.59. The number of rotatable bonds is 3. The average Bonchev–Trinajstić information content (AvgIpc) is 1.89. The summed E-state index contributed by atoms with van der Waals surface area (Å²) in [4.78, 5) is 1.32. The molecular formula is C6H11N3S. The first kappa shape index (κ1) is 9.18. The highest BCUT2D eigenvalue weighted by Crippen LogP contribution is 1.91. The second-order valence-corrected chi connectivity index (χ2v) is 2.36. The summed E-state index contributed by atoms with van der Waals surface area (Å²) in [5.41, 5.74) is 5.22. The Morgan fingerprint density at radius 3 is 2.70 bits per heavy atom. The van der Waals surface area contributed by atoms with Crippen LogP contribution < -0.4 is 5.73 Å². The van der Waals surface area contributed by atoms with E-state index in [1.54, 1.807) is 0 Å². The van der Waals surface area contributed by atoms with Gasteiger partial charge < -0.3 is 5.73 Å². The van der Waals surface area contributed by atoms with E-state index < -0.39 is 0 Å². The van der Waals surface area contributed by atoms with Gasteiger partial charge in [-0.25, -0.2) is 0 Å². The van der Waals surface area contributed by atoms with Crippen LogP contribution in [0.1, 0.15) is 19.8 Å². The summed E-state index contributed by atoms with van der Waals surface area (Å²) < 4.78 is 0. The van der Waals surface area contributed by atoms with Crippen molar-refractivity contribution in [3.05, 3.63) is 0 Å². The number of unbranched alkanes of at least 4 members (excludes halogenated alkanes) is 1. The summed E-state index contributed by atoms with van der Waals surface area (Å²) in [5.74, 6) is 0. The topological polar surface area (TPSA) is 53.0 Å². The van der Waals surface area contributed by atoms with Gasteiger partial charge in [0.25, 0.3) is 0 Å². The predicted molar refractivity (Wildman–Crippen MR) is 44.0 cm³/mol. The van der Waals surface area contributed by atoms with E-state index in [2.05, 4.69) is 19.1 Å². The maximum atomic E-state index is 8.43. The van der Waals surface area contributed by atoms with Crippen LogP contribution in [0.4, 0.5) is 0 Å². The van der Waals surface area contributed by atoms with Crippen LogP contribution in [0, 0.1) is 11.5 Å². The normalized spacial score (nSPS) is 8.40. The van der Waals surface area contributed by atoms with Crippen LogP contribution in [0.15, 0.2) is 0 Å². The molecule has 4 heteroatoms. The Morgan fingerprint density at radius 1 is 1.80 bits per heavy atom. The quantitative estimate of drug-likeness (QED) is 0.374. The SMILES string of the molecule is CCCCN(C#N)C(N)=S. The number of nitrogens with zero attached hydrogens (tertiary/aromatic N) is 2. The average molecular weight is 157 g/mol. The Kier molecular flexibility index (Phi) is 4.59. The summed E-state index contributed by atoms with van der Waals surface area (Å²) in [6, 6.07) is 0. The lowest BCUT2D eigenvalue weighted by Crippen LogP contribution is -2.31. The third-order valence-corrected chi connectivity index (χ3v) is 1.34. The predicted octanol–water partition coefficient (Wildman–Crippen LogP) is 0.813. The lowest BCUT2D eigenvalue weighted by atomic mass is 10.3. The summed E-state index contributed by atoms with van der Waals surface area (Å²) in [6.07, 6.45) is 3.90. The molecule has 0 unspecified atom stereocenters. The standard InChI is InChI=1S/C6H11N3S/c1-2-3-4-9(5-7)6(8)10/h2-4H2,1H3,(H2,8,10). The zero-order valence-electron chi connectivity index (χ0n) is 6.00. The molecule has 0 aliphatic heterocycles. The van der Waals surface area contributed by atoms with Gasteiger partial charge in [-0.15, -0.1) is 0 Å². The van der Waals surface area contributed by atoms with Gasteiger partial charge in [0, 0.05) is 6.54 Å². The van der Waals surface area contributed by atoms with E-state index in [4.69, 9.17) is 11.0 Å². The van der Waals surface area contributed by atoms with Crippen molar-refractivity contribution in [2.24, 2.45) is 5.73 Å². The van der Waals surface area contributed by atoms with E-state index >= 15 is 0 Å². The fourth-order valence-electron chi connectivity index (χ4n) is 0.526. The zero-order valence-corrected chi connectivity index (χ0v) is 6.82. The third-order valence-electron chi connectivity index (χ3n) is 1.12. The highest BCUT2D eigenvalue weighted by molar-refractivity contribution is 7.80. The molecule has 0 aromatic heterocycles. The molecule has 0 amide bonds. The monoisotopic (exact) mass is 157 g/mol. The Labute approximate surface area is 66.4 Å². The second kappa shape index (κ2) is 5.00. The minimum Gasteiger partial charge on any atom is -0.375 e. The van der Waals surface area contributed by atoms with E-state index in [0.717, 1.165) is 12.8 Å². The van der Waals surface area contributed by atoms with E-state index in [-0.39, 0.29) is 5.11 Å². The zero-order chi connectivity index (χ0) is 7.98. The fourth-order valence-corrected chi connectivity index (χ4v) is 0.658. The minimum atomic E-state index is 0.163. The molecule has 0 aliphatic carbocycles. The van der Waals surface area contributed by atoms with E-state index in [1.165, 1.54) is 4.90 Å². The number of thiocarbonyl (C=S) groups is 1. The first-order valence-corrected chi connectivity index (χ1v) is 3.60. The van der Waals surface area contributed by atoms with Crippen LogP contribution >= 0.6 is 12.2 Å². The second-order valence-electron chi connectivity index (χ2n) is 1.94. The number of hydrogen-bond acceptors (Lipinski definition) is 2. The Bertz CT molecular complexity index is 150. The van der Waals surface area contributed by atoms with Crippen molar-refractivity contribution in [3.63, 3.8) is 0 Å². The van der Waals surface area contributed by atoms with Gasteiger partial charge in [0.2, 0.25) is 0 Å². The molecule has 0 atom stereocenters. The van der Waals surface area contributed by atoms with Crippen LogP contribution in [0.25, 0.3) is 0 Å². The van der Waals surface area contributed by atoms with Crippen LogP contribution in [0.3, 0.4) is 0 Å². The van der Waals surface area contributed by atoms with E-state index in [9.17, 15) is 0 Å². The van der Waals surface area contributed by atoms with Crippen molar-refractivity contribution in [1.29, 1.82) is 5.26 Å². The highest BCUT2D eigenvalue weighted by Gasteiger charge is 2.01. The molecule has 0 rings (SSSR count). The maximum absolute atomic E-state index is 8.43. The molecule has 0 saturated heterocycles. The molecule has 0 saturated carbocycles. The summed E-state index contributed by atoms with van der Waals surface area (Å²) in [6.45, 7) is 2.69. The van der Waals surface area contributed by atoms with E-state index in [1.807, 2.05) is 6.19 Å². The molecule has 0 aromatic carbocycles. The molecular weight excluding hydrogens is 146 g/mol. The molecule has 0 aromatic rings. The minimum absolute atomic E-state index is 0.163. The molecule has 0 spiro atoms. The lowest BCUT2D eigenvalue weighted by molar-refractivity contribution is 0.546. The van der Waals surface area contributed by atoms with Crippen molar-refractivity contribution < 1.29 is 0 Å². The number of nitrogens with two attached hydrogens (primary N) is 1. The van der Waals surface area contributed by atoms with Gasteiger partial charge in [0.1, 0.15) is 0 Å². The van der Waals surface area contributed by atoms with Crippen molar-refractivity contribution in [3.8, 4) is 6.19 Å². The molecule has 56 valence electrons. The molecule has 0 radical (unpaired) electrons. The van der Waals surface area contributed by atoms with Crippen LogP contribution in [0.5, 0.6) is 0 Å². The molecule has 0 heterocycles. The molecule has 0 bridgehead atoms. The summed E-state index contributed by atoms with van der Waals surface area (Å²) >= 11 is 4.61. The van der Waals surface area contributed by atoms with Gasteiger partial charge >= 0.3 is 0 Å². The molecule has 0 fully saturated rings. The van der Waals surface area contributed by atoms with Crippen molar-refractivity contribution in [1.82, 2.24) is 4.90 Å². The number of hydrogen-bond donors (Lipinski definition) is 1. The number of nitriles is 1. The summed E-state index contributed by atoms with van der Waals surface area (Å²) in [7, 11) is 0. The smallest absolute Gasteiger partial charge is 0.186 e. The first-order valence-electron chi connectivity index (χ1n) is 3.19. The van der Waals surface area contributed by atoms with Crippen LogP contribution in [-0.2, 0) is 0 Å². The molecule has 10 heavy (non-hydrogen) atoms. The van der Waals surface area contributed by atoms with Crippen molar-refractivity contribution >= 4 is 17.3 Å². The van der Waals surface area contributed by atoms with Crippen molar-refractivity contribution in [2.45, 2.75) is 19.8 Å². The van der Waals surface area contributed by atoms with Gasteiger partial charge in [-0.1, -0.05) is 13.3 Å². The Hall–Kier alpha value is -0.820. The molecule has 2 N–H and O–H groups in total. The van der Waals surface area contributed by atoms with Gasteiger partial charge in [0.05, 0.1) is 0 Å². The van der Waals surface area contributed by atoms with E-state index in [0.29, 0.717) is 6.54 Å². The maximum Gasteiger partial charge on any atom is 0.186 e. The molecule has 0 aliphatic rings. The molecule has 3 nitrogen and oxygen atoms in total. The highest BCUT2D eigenvalue weighted by atomic mass is 32.1. The van der Waals surface area contributed by atoms with Gasteiger partial charge in [-0.3, -0.25) is 4.90 Å². The van der Waals surface area contributed by atoms with Gasteiger partial charge in [-0.05, 0) is 18.6 Å². The lowest BCUT2D eigenvalue weighted by Gasteiger charge is -2.10.